The van der Waals surface area contributed by atoms with Gasteiger partial charge < -0.3 is 10.4 Å². The normalized spacial score (nSPS) is 28.7. The number of rotatable bonds is 5. The number of amides is 1. The second-order valence-corrected chi connectivity index (χ2v) is 5.46. The van der Waals surface area contributed by atoms with Crippen LogP contribution in [0.2, 0.25) is 0 Å². The highest BCUT2D eigenvalue weighted by molar-refractivity contribution is 5.77. The van der Waals surface area contributed by atoms with Crippen molar-refractivity contribution in [3.8, 4) is 0 Å². The van der Waals surface area contributed by atoms with Crippen molar-refractivity contribution < 1.29 is 14.7 Å². The summed E-state index contributed by atoms with van der Waals surface area (Å²) in [4.78, 5) is 22.2. The van der Waals surface area contributed by atoms with E-state index in [0.29, 0.717) is 19.3 Å². The van der Waals surface area contributed by atoms with Crippen LogP contribution in [0.15, 0.2) is 0 Å². The van der Waals surface area contributed by atoms with Gasteiger partial charge in [-0.1, -0.05) is 25.7 Å². The lowest BCUT2D eigenvalue weighted by molar-refractivity contribution is -0.146. The molecule has 96 valence electrons. The second kappa shape index (κ2) is 5.52. The molecule has 0 heterocycles. The van der Waals surface area contributed by atoms with Gasteiger partial charge in [-0.25, -0.2) is 0 Å². The summed E-state index contributed by atoms with van der Waals surface area (Å²) in [6.45, 7) is 0. The topological polar surface area (TPSA) is 66.4 Å². The highest BCUT2D eigenvalue weighted by Crippen LogP contribution is 2.29. The zero-order valence-electron chi connectivity index (χ0n) is 10.2. The van der Waals surface area contributed by atoms with Crippen molar-refractivity contribution in [2.45, 2.75) is 57.4 Å². The molecule has 0 atom stereocenters. The van der Waals surface area contributed by atoms with Crippen LogP contribution in [0.3, 0.4) is 0 Å². The molecule has 0 aromatic rings. The molecule has 0 saturated heterocycles. The van der Waals surface area contributed by atoms with E-state index in [4.69, 9.17) is 5.11 Å². The van der Waals surface area contributed by atoms with Gasteiger partial charge in [0.25, 0.3) is 0 Å². The molecule has 0 unspecified atom stereocenters. The molecule has 0 aliphatic heterocycles. The lowest BCUT2D eigenvalue weighted by Gasteiger charge is -2.32. The number of carboxylic acids is 1. The quantitative estimate of drug-likeness (QED) is 0.770. The van der Waals surface area contributed by atoms with Gasteiger partial charge in [0.2, 0.25) is 5.91 Å². The zero-order valence-corrected chi connectivity index (χ0v) is 10.2. The van der Waals surface area contributed by atoms with Crippen LogP contribution in [-0.2, 0) is 9.59 Å². The molecule has 4 heteroatoms. The number of carbonyl (C=O) groups is 2. The van der Waals surface area contributed by atoms with Crippen LogP contribution in [-0.4, -0.2) is 23.0 Å². The Labute approximate surface area is 102 Å². The van der Waals surface area contributed by atoms with E-state index < -0.39 is 5.97 Å². The lowest BCUT2D eigenvalue weighted by Crippen LogP contribution is -2.46. The van der Waals surface area contributed by atoms with Crippen molar-refractivity contribution in [3.05, 3.63) is 0 Å². The van der Waals surface area contributed by atoms with Gasteiger partial charge in [0.1, 0.15) is 0 Å². The number of carbonyl (C=O) groups excluding carboxylic acids is 1. The van der Waals surface area contributed by atoms with Crippen LogP contribution in [0.1, 0.15) is 51.4 Å². The minimum absolute atomic E-state index is 0.103. The molecule has 0 aromatic heterocycles. The summed E-state index contributed by atoms with van der Waals surface area (Å²) in [5.41, 5.74) is 0. The minimum atomic E-state index is -0.735. The third kappa shape index (κ3) is 3.45. The van der Waals surface area contributed by atoms with Gasteiger partial charge in [0.15, 0.2) is 0 Å². The number of carboxylic acid groups (broad SMARTS) is 1. The van der Waals surface area contributed by atoms with Gasteiger partial charge in [-0.05, 0) is 25.2 Å². The van der Waals surface area contributed by atoms with Crippen molar-refractivity contribution in [3.63, 3.8) is 0 Å². The monoisotopic (exact) mass is 239 g/mol. The fourth-order valence-corrected chi connectivity index (χ4v) is 2.87. The van der Waals surface area contributed by atoms with E-state index in [-0.39, 0.29) is 17.9 Å². The molecule has 4 nitrogen and oxygen atoms in total. The third-order valence-electron chi connectivity index (χ3n) is 4.11. The van der Waals surface area contributed by atoms with E-state index in [0.717, 1.165) is 12.3 Å². The molecule has 17 heavy (non-hydrogen) atoms. The van der Waals surface area contributed by atoms with Crippen molar-refractivity contribution in [1.82, 2.24) is 5.32 Å². The maximum Gasteiger partial charge on any atom is 0.306 e. The van der Waals surface area contributed by atoms with Crippen molar-refractivity contribution >= 4 is 11.9 Å². The minimum Gasteiger partial charge on any atom is -0.481 e. The smallest absolute Gasteiger partial charge is 0.306 e. The molecule has 2 aliphatic carbocycles. The first-order valence-corrected chi connectivity index (χ1v) is 6.67. The molecule has 2 saturated carbocycles. The standard InChI is InChI=1S/C13H21NO3/c15-12(6-5-9-3-1-2-4-9)14-11-7-10(8-11)13(16)17/h9-11H,1-8H2,(H,14,15)(H,16,17). The van der Waals surface area contributed by atoms with Gasteiger partial charge in [-0.3, -0.25) is 9.59 Å². The Morgan fingerprint density at radius 3 is 2.41 bits per heavy atom. The van der Waals surface area contributed by atoms with Crippen LogP contribution < -0.4 is 5.32 Å². The van der Waals surface area contributed by atoms with Crippen molar-refractivity contribution in [2.24, 2.45) is 11.8 Å². The largest absolute Gasteiger partial charge is 0.481 e. The Bertz CT molecular complexity index is 291. The molecule has 1 amide bonds. The molecule has 2 N–H and O–H groups in total. The summed E-state index contributed by atoms with van der Waals surface area (Å²) < 4.78 is 0. The van der Waals surface area contributed by atoms with E-state index in [1.165, 1.54) is 25.7 Å². The predicted molar refractivity (Wildman–Crippen MR) is 63.5 cm³/mol. The Balaban J connectivity index is 1.57. The number of aliphatic carboxylic acids is 1. The van der Waals surface area contributed by atoms with Crippen LogP contribution in [0.4, 0.5) is 0 Å². The SMILES string of the molecule is O=C(CCC1CCCC1)NC1CC(C(=O)O)C1. The molecule has 0 radical (unpaired) electrons. The summed E-state index contributed by atoms with van der Waals surface area (Å²) in [5, 5.41) is 11.6. The summed E-state index contributed by atoms with van der Waals surface area (Å²) in [7, 11) is 0. The van der Waals surface area contributed by atoms with Crippen LogP contribution in [0.25, 0.3) is 0 Å². The fraction of sp³-hybridized carbons (Fsp3) is 0.846. The van der Waals surface area contributed by atoms with E-state index in [9.17, 15) is 9.59 Å². The van der Waals surface area contributed by atoms with E-state index in [2.05, 4.69) is 5.32 Å². The van der Waals surface area contributed by atoms with E-state index >= 15 is 0 Å². The number of hydrogen-bond donors (Lipinski definition) is 2. The first-order valence-electron chi connectivity index (χ1n) is 6.67. The Morgan fingerprint density at radius 1 is 1.18 bits per heavy atom. The molecule has 0 aromatic carbocycles. The van der Waals surface area contributed by atoms with E-state index in [1.54, 1.807) is 0 Å². The van der Waals surface area contributed by atoms with Gasteiger partial charge in [0.05, 0.1) is 5.92 Å². The molecule has 0 spiro atoms. The maximum absolute atomic E-state index is 11.6. The summed E-state index contributed by atoms with van der Waals surface area (Å²) in [6.07, 6.45) is 7.99. The Hall–Kier alpha value is -1.06. The first-order chi connectivity index (χ1) is 8.15. The van der Waals surface area contributed by atoms with E-state index in [1.807, 2.05) is 0 Å². The Morgan fingerprint density at radius 2 is 1.82 bits per heavy atom. The summed E-state index contributed by atoms with van der Waals surface area (Å²) >= 11 is 0. The van der Waals surface area contributed by atoms with Crippen LogP contribution in [0, 0.1) is 11.8 Å². The van der Waals surface area contributed by atoms with Gasteiger partial charge in [-0.15, -0.1) is 0 Å². The molecule has 2 aliphatic rings. The van der Waals surface area contributed by atoms with Gasteiger partial charge in [0, 0.05) is 12.5 Å². The number of hydrogen-bond acceptors (Lipinski definition) is 2. The maximum atomic E-state index is 11.6. The third-order valence-corrected chi connectivity index (χ3v) is 4.11. The van der Waals surface area contributed by atoms with Crippen molar-refractivity contribution in [1.29, 1.82) is 0 Å². The summed E-state index contributed by atoms with van der Waals surface area (Å²) in [5.74, 6) is -0.128. The van der Waals surface area contributed by atoms with Crippen molar-refractivity contribution in [2.75, 3.05) is 0 Å². The first kappa shape index (κ1) is 12.4. The van der Waals surface area contributed by atoms with Gasteiger partial charge >= 0.3 is 5.97 Å². The fourth-order valence-electron chi connectivity index (χ4n) is 2.87. The van der Waals surface area contributed by atoms with Gasteiger partial charge in [-0.2, -0.15) is 0 Å². The number of nitrogens with one attached hydrogen (secondary N) is 1. The second-order valence-electron chi connectivity index (χ2n) is 5.46. The molecular weight excluding hydrogens is 218 g/mol. The lowest BCUT2D eigenvalue weighted by atomic mass is 9.80. The predicted octanol–water partition coefficient (Wildman–Crippen LogP) is 1.94. The average molecular weight is 239 g/mol. The highest BCUT2D eigenvalue weighted by Gasteiger charge is 2.35. The average Bonchev–Trinajstić information content (AvgIpc) is 2.72. The van der Waals surface area contributed by atoms with Crippen LogP contribution >= 0.6 is 0 Å². The molecule has 2 fully saturated rings. The highest BCUT2D eigenvalue weighted by atomic mass is 16.4. The Kier molecular flexibility index (Phi) is 4.02. The molecule has 0 bridgehead atoms. The summed E-state index contributed by atoms with van der Waals surface area (Å²) in [6, 6.07) is 0.104. The molecule has 2 rings (SSSR count). The van der Waals surface area contributed by atoms with Crippen LogP contribution in [0.5, 0.6) is 0 Å². The molecular formula is C13H21NO3. The zero-order chi connectivity index (χ0) is 12.3.